The number of rotatable bonds is 4. The van der Waals surface area contributed by atoms with E-state index in [4.69, 9.17) is 4.43 Å². The van der Waals surface area contributed by atoms with Gasteiger partial charge < -0.3 is 0 Å². The van der Waals surface area contributed by atoms with Crippen molar-refractivity contribution < 1.29 is 9.53 Å². The van der Waals surface area contributed by atoms with Crippen LogP contribution in [0.25, 0.3) is 11.1 Å². The molecule has 0 aliphatic heterocycles. The molecule has 0 saturated carbocycles. The summed E-state index contributed by atoms with van der Waals surface area (Å²) in [5, 5.41) is 11.9. The summed E-state index contributed by atoms with van der Waals surface area (Å²) >= 11 is 0.168. The molecule has 3 aromatic carbocycles. The number of aliphatic hydroxyl groups is 1. The SMILES string of the molecule is C[Si](C)(C)O[C@]12c3ccccc3-c3cccc(c31)C[C@@H]([Se]c1ccccc1)[C@H]2O. The van der Waals surface area contributed by atoms with Crippen LogP contribution in [-0.4, -0.2) is 34.5 Å². The summed E-state index contributed by atoms with van der Waals surface area (Å²) < 4.78 is 8.33. The van der Waals surface area contributed by atoms with Crippen LogP contribution in [0.15, 0.2) is 72.8 Å². The standard InChI is InChI=1S/C25H26O2SeSi/c1-29(2,3)27-25-21-15-8-7-13-19(21)20-14-9-10-17(23(20)25)16-22(24(25)26)28-18-11-5-4-6-12-18/h4-15,22,24,26H,16H2,1-3H3/t22-,24-,25-/m1/s1. The third-order valence-corrected chi connectivity index (χ3v) is 9.43. The van der Waals surface area contributed by atoms with Gasteiger partial charge in [0.25, 0.3) is 0 Å². The molecule has 3 atom stereocenters. The Labute approximate surface area is 180 Å². The fraction of sp³-hybridized carbons (Fsp3) is 0.280. The Kier molecular flexibility index (Phi) is 4.61. The number of hydrogen-bond acceptors (Lipinski definition) is 2. The Hall–Kier alpha value is -1.68. The van der Waals surface area contributed by atoms with E-state index in [0.29, 0.717) is 0 Å². The second kappa shape index (κ2) is 6.93. The molecule has 0 fully saturated rings. The molecule has 0 radical (unpaired) electrons. The number of benzene rings is 3. The minimum absolute atomic E-state index is 0.168. The van der Waals surface area contributed by atoms with Gasteiger partial charge in [-0.15, -0.1) is 0 Å². The van der Waals surface area contributed by atoms with Crippen molar-refractivity contribution >= 4 is 27.7 Å². The molecule has 5 rings (SSSR count). The van der Waals surface area contributed by atoms with Gasteiger partial charge in [-0.2, -0.15) is 0 Å². The van der Waals surface area contributed by atoms with E-state index in [9.17, 15) is 5.11 Å². The van der Waals surface area contributed by atoms with Crippen molar-refractivity contribution in [1.82, 2.24) is 0 Å². The fourth-order valence-corrected chi connectivity index (χ4v) is 8.85. The van der Waals surface area contributed by atoms with Crippen molar-refractivity contribution in [2.24, 2.45) is 0 Å². The topological polar surface area (TPSA) is 29.5 Å². The van der Waals surface area contributed by atoms with E-state index in [1.165, 1.54) is 26.7 Å². The van der Waals surface area contributed by atoms with E-state index in [1.54, 1.807) is 0 Å². The molecule has 0 unspecified atom stereocenters. The Morgan fingerprint density at radius 2 is 1.59 bits per heavy atom. The summed E-state index contributed by atoms with van der Waals surface area (Å²) in [4.78, 5) is 0.176. The Morgan fingerprint density at radius 3 is 2.34 bits per heavy atom. The maximum absolute atomic E-state index is 11.9. The van der Waals surface area contributed by atoms with Gasteiger partial charge in [-0.05, 0) is 0 Å². The molecule has 0 aromatic heterocycles. The first-order valence-electron chi connectivity index (χ1n) is 10.2. The van der Waals surface area contributed by atoms with Crippen LogP contribution in [0.4, 0.5) is 0 Å². The summed E-state index contributed by atoms with van der Waals surface area (Å²) in [7, 11) is -1.96. The predicted molar refractivity (Wildman–Crippen MR) is 122 cm³/mol. The number of hydrogen-bond donors (Lipinski definition) is 1. The summed E-state index contributed by atoms with van der Waals surface area (Å²) in [6.07, 6.45) is 0.357. The van der Waals surface area contributed by atoms with Gasteiger partial charge in [-0.3, -0.25) is 0 Å². The monoisotopic (exact) mass is 466 g/mol. The molecule has 148 valence electrons. The zero-order chi connectivity index (χ0) is 20.2. The van der Waals surface area contributed by atoms with Crippen LogP contribution < -0.4 is 4.46 Å². The molecular weight excluding hydrogens is 439 g/mol. The summed E-state index contributed by atoms with van der Waals surface area (Å²) in [5.74, 6) is 0. The molecule has 29 heavy (non-hydrogen) atoms. The van der Waals surface area contributed by atoms with Gasteiger partial charge in [0, 0.05) is 0 Å². The van der Waals surface area contributed by atoms with E-state index in [0.717, 1.165) is 12.0 Å². The zero-order valence-corrected chi connectivity index (χ0v) is 19.8. The average Bonchev–Trinajstić information content (AvgIpc) is 2.98. The van der Waals surface area contributed by atoms with Crippen LogP contribution >= 0.6 is 0 Å². The van der Waals surface area contributed by atoms with E-state index >= 15 is 0 Å². The molecule has 0 spiro atoms. The third-order valence-electron chi connectivity index (χ3n) is 5.83. The van der Waals surface area contributed by atoms with Gasteiger partial charge in [-0.1, -0.05) is 0 Å². The molecule has 2 nitrogen and oxygen atoms in total. The van der Waals surface area contributed by atoms with Gasteiger partial charge in [-0.25, -0.2) is 0 Å². The van der Waals surface area contributed by atoms with Crippen molar-refractivity contribution in [3.8, 4) is 11.1 Å². The van der Waals surface area contributed by atoms with E-state index in [1.807, 2.05) is 0 Å². The van der Waals surface area contributed by atoms with Gasteiger partial charge in [0.1, 0.15) is 0 Å². The third kappa shape index (κ3) is 3.06. The molecule has 4 heteroatoms. The molecule has 0 bridgehead atoms. The molecule has 0 saturated heterocycles. The summed E-state index contributed by atoms with van der Waals surface area (Å²) in [5.41, 5.74) is 5.41. The first kappa shape index (κ1) is 19.3. The molecule has 1 N–H and O–H groups in total. The van der Waals surface area contributed by atoms with Crippen LogP contribution in [0.1, 0.15) is 16.7 Å². The van der Waals surface area contributed by atoms with E-state index in [-0.39, 0.29) is 19.8 Å². The van der Waals surface area contributed by atoms with E-state index < -0.39 is 20.0 Å². The molecule has 0 amide bonds. The van der Waals surface area contributed by atoms with Crippen LogP contribution in [0, 0.1) is 0 Å². The molecule has 2 aliphatic rings. The van der Waals surface area contributed by atoms with Gasteiger partial charge >= 0.3 is 180 Å². The Bertz CT molecular complexity index is 1060. The first-order chi connectivity index (χ1) is 13.9. The average molecular weight is 466 g/mol. The number of aliphatic hydroxyl groups excluding tert-OH is 1. The molecule has 0 heterocycles. The van der Waals surface area contributed by atoms with Gasteiger partial charge in [0.2, 0.25) is 0 Å². The van der Waals surface area contributed by atoms with Crippen LogP contribution in [-0.2, 0) is 16.4 Å². The normalized spacial score (nSPS) is 24.8. The molecular formula is C25H26O2SeSi. The van der Waals surface area contributed by atoms with Crippen LogP contribution in [0.3, 0.4) is 0 Å². The number of fused-ring (bicyclic) bond motifs is 3. The van der Waals surface area contributed by atoms with Crippen molar-refractivity contribution in [3.63, 3.8) is 0 Å². The van der Waals surface area contributed by atoms with Crippen LogP contribution in [0.2, 0.25) is 24.5 Å². The quantitative estimate of drug-likeness (QED) is 0.575. The zero-order valence-electron chi connectivity index (χ0n) is 17.1. The molecule has 3 aromatic rings. The summed E-state index contributed by atoms with van der Waals surface area (Å²) in [6, 6.07) is 25.8. The minimum atomic E-state index is -1.96. The van der Waals surface area contributed by atoms with Crippen molar-refractivity contribution in [2.45, 2.75) is 42.6 Å². The fourth-order valence-electron chi connectivity index (χ4n) is 4.94. The summed E-state index contributed by atoms with van der Waals surface area (Å²) in [6.45, 7) is 6.68. The van der Waals surface area contributed by atoms with Crippen molar-refractivity contribution in [2.75, 3.05) is 0 Å². The second-order valence-corrected chi connectivity index (χ2v) is 16.1. The van der Waals surface area contributed by atoms with Gasteiger partial charge in [0.05, 0.1) is 0 Å². The molecule has 2 aliphatic carbocycles. The van der Waals surface area contributed by atoms with Crippen molar-refractivity contribution in [1.29, 1.82) is 0 Å². The Balaban J connectivity index is 1.72. The van der Waals surface area contributed by atoms with Gasteiger partial charge in [0.15, 0.2) is 0 Å². The first-order valence-corrected chi connectivity index (χ1v) is 15.5. The van der Waals surface area contributed by atoms with Crippen molar-refractivity contribution in [3.05, 3.63) is 89.5 Å². The predicted octanol–water partition coefficient (Wildman–Crippen LogP) is 4.50. The second-order valence-electron chi connectivity index (χ2n) is 8.95. The van der Waals surface area contributed by atoms with E-state index in [2.05, 4.69) is 92.4 Å². The van der Waals surface area contributed by atoms with Crippen LogP contribution in [0.5, 0.6) is 0 Å². The maximum atomic E-state index is 11.9. The Morgan fingerprint density at radius 1 is 0.897 bits per heavy atom.